The number of rotatable bonds is 7. The highest BCUT2D eigenvalue weighted by Crippen LogP contribution is 2.37. The molecule has 37 heavy (non-hydrogen) atoms. The maximum Gasteiger partial charge on any atom is 0.141 e. The Hall–Kier alpha value is -3.61. The summed E-state index contributed by atoms with van der Waals surface area (Å²) < 4.78 is 14.3. The van der Waals surface area contributed by atoms with Crippen LogP contribution in [0.5, 0.6) is 0 Å². The van der Waals surface area contributed by atoms with E-state index in [1.165, 1.54) is 12.3 Å². The molecule has 1 aromatic carbocycles. The molecule has 1 aliphatic heterocycles. The number of aromatic nitrogens is 2. The maximum absolute atomic E-state index is 14.3. The third-order valence-electron chi connectivity index (χ3n) is 6.41. The molecule has 0 bridgehead atoms. The molecule has 4 N–H and O–H groups in total. The van der Waals surface area contributed by atoms with Gasteiger partial charge >= 0.3 is 0 Å². The molecule has 0 unspecified atom stereocenters. The Labute approximate surface area is 220 Å². The van der Waals surface area contributed by atoms with Crippen molar-refractivity contribution < 1.29 is 4.39 Å². The van der Waals surface area contributed by atoms with Gasteiger partial charge in [0.25, 0.3) is 0 Å². The number of benzene rings is 1. The average molecular weight is 521 g/mol. The van der Waals surface area contributed by atoms with Crippen molar-refractivity contribution in [2.45, 2.75) is 52.6 Å². The molecule has 3 heterocycles. The summed E-state index contributed by atoms with van der Waals surface area (Å²) in [6.07, 6.45) is 7.01. The van der Waals surface area contributed by atoms with Gasteiger partial charge in [0.2, 0.25) is 0 Å². The molecule has 0 spiro atoms. The Balaban J connectivity index is 1.58. The highest BCUT2D eigenvalue weighted by atomic mass is 35.5. The first-order valence-electron chi connectivity index (χ1n) is 12.3. The zero-order valence-corrected chi connectivity index (χ0v) is 22.0. The molecule has 0 saturated heterocycles. The Bertz CT molecular complexity index is 1420. The number of nitrogens with zero attached hydrogens (tertiary/aromatic N) is 4. The van der Waals surface area contributed by atoms with E-state index < -0.39 is 11.9 Å². The number of hydrazine groups is 2. The number of pyridine rings is 2. The van der Waals surface area contributed by atoms with Gasteiger partial charge in [-0.25, -0.2) is 4.39 Å². The van der Waals surface area contributed by atoms with Crippen LogP contribution >= 0.6 is 11.6 Å². The summed E-state index contributed by atoms with van der Waals surface area (Å²) in [6, 6.07) is 7.47. The van der Waals surface area contributed by atoms with E-state index in [-0.39, 0.29) is 5.41 Å². The molecular formula is C27H30ClFN8. The largest absolute Gasteiger partial charge is 0.383 e. The molecule has 8 nitrogen and oxygen atoms in total. The van der Waals surface area contributed by atoms with Crippen molar-refractivity contribution in [3.8, 4) is 6.07 Å². The molecule has 2 aliphatic rings. The Morgan fingerprint density at radius 3 is 2.73 bits per heavy atom. The zero-order valence-electron chi connectivity index (χ0n) is 21.3. The predicted molar refractivity (Wildman–Crippen MR) is 144 cm³/mol. The van der Waals surface area contributed by atoms with Crippen LogP contribution in [0.1, 0.15) is 56.5 Å². The summed E-state index contributed by atoms with van der Waals surface area (Å²) in [5.74, 6) is -0.411. The van der Waals surface area contributed by atoms with Gasteiger partial charge in [0.1, 0.15) is 11.9 Å². The molecule has 1 saturated carbocycles. The van der Waals surface area contributed by atoms with Gasteiger partial charge in [0.05, 0.1) is 39.7 Å². The van der Waals surface area contributed by atoms with Crippen LogP contribution in [0.3, 0.4) is 0 Å². The molecule has 3 aromatic rings. The smallest absolute Gasteiger partial charge is 0.141 e. The number of hydrogen-bond donors (Lipinski definition) is 4. The van der Waals surface area contributed by atoms with Crippen LogP contribution in [0, 0.1) is 29.5 Å². The van der Waals surface area contributed by atoms with Gasteiger partial charge in [-0.3, -0.25) is 15.0 Å². The second-order valence-corrected chi connectivity index (χ2v) is 11.2. The quantitative estimate of drug-likeness (QED) is 0.322. The van der Waals surface area contributed by atoms with Gasteiger partial charge in [-0.05, 0) is 43.4 Å². The minimum absolute atomic E-state index is 0.00394. The summed E-state index contributed by atoms with van der Waals surface area (Å²) in [5, 5.41) is 19.9. The topological polar surface area (TPSA) is 101 Å². The number of halogens is 2. The lowest BCUT2D eigenvalue weighted by Gasteiger charge is -2.24. The van der Waals surface area contributed by atoms with Crippen molar-refractivity contribution >= 4 is 33.9 Å². The number of fused-ring (bicyclic) bond motifs is 1. The average Bonchev–Trinajstić information content (AvgIpc) is 3.59. The van der Waals surface area contributed by atoms with Crippen molar-refractivity contribution in [2.75, 3.05) is 17.2 Å². The van der Waals surface area contributed by atoms with Crippen LogP contribution in [0.4, 0.5) is 15.8 Å². The molecule has 0 amide bonds. The molecule has 2 aromatic heterocycles. The zero-order chi connectivity index (χ0) is 26.3. The Kier molecular flexibility index (Phi) is 6.56. The fraction of sp³-hybridized carbons (Fsp3) is 0.370. The predicted octanol–water partition coefficient (Wildman–Crippen LogP) is 5.54. The number of nitriles is 1. The highest BCUT2D eigenvalue weighted by molar-refractivity contribution is 6.35. The first-order valence-corrected chi connectivity index (χ1v) is 12.7. The van der Waals surface area contributed by atoms with E-state index in [2.05, 4.69) is 58.4 Å². The van der Waals surface area contributed by atoms with E-state index in [0.29, 0.717) is 51.3 Å². The van der Waals surface area contributed by atoms with Crippen molar-refractivity contribution in [3.63, 3.8) is 0 Å². The van der Waals surface area contributed by atoms with E-state index in [0.717, 1.165) is 23.9 Å². The summed E-state index contributed by atoms with van der Waals surface area (Å²) in [4.78, 5) is 8.70. The van der Waals surface area contributed by atoms with Crippen molar-refractivity contribution in [2.24, 2.45) is 5.41 Å². The lowest BCUT2D eigenvalue weighted by molar-refractivity contribution is 0.260. The molecule has 1 fully saturated rings. The number of aryl methyl sites for hydroxylation is 1. The molecule has 10 heteroatoms. The summed E-state index contributed by atoms with van der Waals surface area (Å²) in [7, 11) is 0. The Morgan fingerprint density at radius 1 is 1.24 bits per heavy atom. The van der Waals surface area contributed by atoms with E-state index in [1.54, 1.807) is 12.3 Å². The van der Waals surface area contributed by atoms with Gasteiger partial charge in [-0.2, -0.15) is 5.26 Å². The number of nitrogens with one attached hydrogen (secondary N) is 4. The molecule has 5 rings (SSSR count). The standard InChI is InChI=1S/C27H30ClFN8/c1-15-20(7-17(29)12-31-15)26(23-13-37(36-35-23)19-5-6-19)34-18-8-21-24(33-14-27(2,3)4)16(10-30)11-32-25(21)22(28)9-18/h7-9,11-13,19,26,34-36H,5-6,14H2,1-4H3,(H,32,33)/t26-/m0/s1. The van der Waals surface area contributed by atoms with E-state index in [1.807, 2.05) is 24.2 Å². The van der Waals surface area contributed by atoms with E-state index in [4.69, 9.17) is 11.6 Å². The lowest BCUT2D eigenvalue weighted by Crippen LogP contribution is -2.38. The highest BCUT2D eigenvalue weighted by Gasteiger charge is 2.33. The third kappa shape index (κ3) is 5.41. The maximum atomic E-state index is 14.3. The summed E-state index contributed by atoms with van der Waals surface area (Å²) in [5.41, 5.74) is 11.1. The fourth-order valence-corrected chi connectivity index (χ4v) is 4.58. The van der Waals surface area contributed by atoms with Gasteiger partial charge in [0, 0.05) is 47.3 Å². The van der Waals surface area contributed by atoms with Crippen LogP contribution < -0.4 is 21.6 Å². The van der Waals surface area contributed by atoms with Crippen LogP contribution in [0.2, 0.25) is 5.02 Å². The van der Waals surface area contributed by atoms with E-state index in [9.17, 15) is 9.65 Å². The minimum Gasteiger partial charge on any atom is -0.383 e. The molecule has 0 radical (unpaired) electrons. The van der Waals surface area contributed by atoms with Crippen LogP contribution in [-0.4, -0.2) is 27.6 Å². The number of hydrogen-bond acceptors (Lipinski definition) is 8. The van der Waals surface area contributed by atoms with Gasteiger partial charge in [-0.15, -0.1) is 5.53 Å². The summed E-state index contributed by atoms with van der Waals surface area (Å²) >= 11 is 6.70. The van der Waals surface area contributed by atoms with Crippen LogP contribution in [0.15, 0.2) is 42.5 Å². The normalized spacial score (nSPS) is 16.2. The number of anilines is 2. The fourth-order valence-electron chi connectivity index (χ4n) is 4.32. The van der Waals surface area contributed by atoms with Crippen LogP contribution in [0.25, 0.3) is 10.9 Å². The van der Waals surface area contributed by atoms with Crippen molar-refractivity contribution in [1.82, 2.24) is 25.9 Å². The van der Waals surface area contributed by atoms with Gasteiger partial charge in [0.15, 0.2) is 0 Å². The van der Waals surface area contributed by atoms with Gasteiger partial charge in [-0.1, -0.05) is 32.4 Å². The van der Waals surface area contributed by atoms with Crippen molar-refractivity contribution in [1.29, 1.82) is 5.26 Å². The monoisotopic (exact) mass is 520 g/mol. The third-order valence-corrected chi connectivity index (χ3v) is 6.70. The first-order chi connectivity index (χ1) is 17.6. The van der Waals surface area contributed by atoms with Gasteiger partial charge < -0.3 is 16.1 Å². The summed E-state index contributed by atoms with van der Waals surface area (Å²) in [6.45, 7) is 8.88. The minimum atomic E-state index is -0.439. The molecule has 192 valence electrons. The molecule has 1 aliphatic carbocycles. The lowest BCUT2D eigenvalue weighted by atomic mass is 9.96. The Morgan fingerprint density at radius 2 is 2.03 bits per heavy atom. The second kappa shape index (κ2) is 9.69. The first kappa shape index (κ1) is 25.1. The molecular weight excluding hydrogens is 491 g/mol. The molecule has 1 atom stereocenters. The van der Waals surface area contributed by atoms with Crippen LogP contribution in [-0.2, 0) is 0 Å². The second-order valence-electron chi connectivity index (χ2n) is 10.8. The van der Waals surface area contributed by atoms with E-state index >= 15 is 0 Å². The van der Waals surface area contributed by atoms with Crippen molar-refractivity contribution in [3.05, 3.63) is 70.2 Å². The SMILES string of the molecule is Cc1ncc(F)cc1[C@H](Nc1cc(Cl)c2ncc(C#N)c(NCC(C)(C)C)c2c1)C1=CN(C2CC2)NN1.